The average Bonchev–Trinajstić information content (AvgIpc) is 3.18. The number of aromatic nitrogens is 4. The normalized spacial score (nSPS) is 23.4. The van der Waals surface area contributed by atoms with Gasteiger partial charge in [0, 0.05) is 25.7 Å². The Balaban J connectivity index is 1.81. The molecule has 0 radical (unpaired) electrons. The second-order valence-corrected chi connectivity index (χ2v) is 11.4. The van der Waals surface area contributed by atoms with Crippen molar-refractivity contribution in [1.29, 1.82) is 5.26 Å². The number of nitrogens with one attached hydrogen (secondary N) is 1. The number of aliphatic carboxylic acids is 1. The molecule has 1 aromatic heterocycles. The van der Waals surface area contributed by atoms with Gasteiger partial charge in [-0.25, -0.2) is 17.9 Å². The van der Waals surface area contributed by atoms with Crippen LogP contribution >= 0.6 is 23.5 Å². The highest BCUT2D eigenvalue weighted by Gasteiger charge is 2.66. The van der Waals surface area contributed by atoms with E-state index in [0.717, 1.165) is 30.7 Å². The molecule has 178 valence electrons. The quantitative estimate of drug-likeness (QED) is 0.215. The number of carboxylic acid groups (broad SMARTS) is 1. The maximum absolute atomic E-state index is 13.0. The summed E-state index contributed by atoms with van der Waals surface area (Å²) < 4.78 is 30.8. The van der Waals surface area contributed by atoms with E-state index in [9.17, 15) is 27.9 Å². The number of carbonyl (C=O) groups is 3. The van der Waals surface area contributed by atoms with Gasteiger partial charge in [-0.3, -0.25) is 14.5 Å². The zero-order valence-electron chi connectivity index (χ0n) is 17.6. The van der Waals surface area contributed by atoms with E-state index in [0.29, 0.717) is 10.7 Å². The number of tetrazole rings is 1. The lowest BCUT2D eigenvalue weighted by molar-refractivity contribution is -0.192. The smallest absolute Gasteiger partial charge is 0.352 e. The third-order valence-electron chi connectivity index (χ3n) is 4.97. The molecular weight excluding hydrogens is 498 g/mol. The Bertz CT molecular complexity index is 1180. The van der Waals surface area contributed by atoms with Gasteiger partial charge in [0.05, 0.1) is 6.07 Å². The largest absolute Gasteiger partial charge is 0.477 e. The number of carboxylic acids is 1. The van der Waals surface area contributed by atoms with Gasteiger partial charge in [-0.2, -0.15) is 5.26 Å². The van der Waals surface area contributed by atoms with Gasteiger partial charge >= 0.3 is 5.97 Å². The Labute approximate surface area is 196 Å². The molecule has 0 aliphatic carbocycles. The lowest BCUT2D eigenvalue weighted by atomic mass is 9.98. The van der Waals surface area contributed by atoms with Gasteiger partial charge in [-0.15, -0.1) is 16.9 Å². The molecule has 17 heteroatoms. The van der Waals surface area contributed by atoms with Crippen molar-refractivity contribution in [2.75, 3.05) is 24.4 Å². The Morgan fingerprint density at radius 2 is 2.21 bits per heavy atom. The van der Waals surface area contributed by atoms with Crippen molar-refractivity contribution in [3.05, 3.63) is 11.3 Å². The Kier molecular flexibility index (Phi) is 7.02. The molecule has 2 amide bonds. The van der Waals surface area contributed by atoms with Crippen molar-refractivity contribution >= 4 is 51.1 Å². The van der Waals surface area contributed by atoms with Crippen LogP contribution in [0, 0.1) is 11.3 Å². The van der Waals surface area contributed by atoms with Gasteiger partial charge in [0.15, 0.2) is 9.84 Å². The van der Waals surface area contributed by atoms with Crippen molar-refractivity contribution < 1.29 is 32.6 Å². The van der Waals surface area contributed by atoms with Crippen LogP contribution in [-0.2, 0) is 36.0 Å². The van der Waals surface area contributed by atoms with Gasteiger partial charge in [0.1, 0.15) is 22.1 Å². The molecule has 1 fully saturated rings. The van der Waals surface area contributed by atoms with Crippen LogP contribution in [0.4, 0.5) is 0 Å². The van der Waals surface area contributed by atoms with Gasteiger partial charge in [0.25, 0.3) is 11.6 Å². The molecule has 3 heterocycles. The Morgan fingerprint density at radius 1 is 1.52 bits per heavy atom. The van der Waals surface area contributed by atoms with E-state index in [1.807, 2.05) is 0 Å². The minimum atomic E-state index is -4.07. The van der Waals surface area contributed by atoms with E-state index in [1.165, 1.54) is 16.4 Å². The van der Waals surface area contributed by atoms with E-state index < -0.39 is 49.7 Å². The van der Waals surface area contributed by atoms with Crippen molar-refractivity contribution in [2.45, 2.75) is 28.4 Å². The van der Waals surface area contributed by atoms with Gasteiger partial charge in [-0.05, 0) is 22.9 Å². The molecule has 1 saturated heterocycles. The number of aryl methyl sites for hydroxylation is 1. The van der Waals surface area contributed by atoms with E-state index in [1.54, 1.807) is 13.1 Å². The molecule has 14 nitrogen and oxygen atoms in total. The molecule has 2 N–H and O–H groups in total. The first kappa shape index (κ1) is 25.0. The monoisotopic (exact) mass is 517 g/mol. The molecule has 0 spiro atoms. The standard InChI is InChI=1S/C16H19N7O7S3/c1-8(4-17)33(28,29)7-10(24)18-16(30-3)13(27)23-11(12(25)26)9(5-31-14(16)23)6-32-15-19-20-21-22(15)2/h8,14H,5-7H2,1-3H3,(H,18,24)(H,25,26)/t8?,14-,16+/m1/s1. The minimum absolute atomic E-state index is 0.204. The summed E-state index contributed by atoms with van der Waals surface area (Å²) in [6.45, 7) is 1.14. The van der Waals surface area contributed by atoms with Gasteiger partial charge < -0.3 is 15.2 Å². The second-order valence-electron chi connectivity index (χ2n) is 7.04. The van der Waals surface area contributed by atoms with E-state index >= 15 is 0 Å². The number of hydrogen-bond donors (Lipinski definition) is 2. The summed E-state index contributed by atoms with van der Waals surface area (Å²) in [5, 5.41) is 30.0. The summed E-state index contributed by atoms with van der Waals surface area (Å²) >= 11 is 2.36. The predicted octanol–water partition coefficient (Wildman–Crippen LogP) is -1.66. The number of carbonyl (C=O) groups excluding carboxylic acids is 2. The molecule has 33 heavy (non-hydrogen) atoms. The third kappa shape index (κ3) is 4.43. The summed E-state index contributed by atoms with van der Waals surface area (Å²) in [5.41, 5.74) is -1.72. The van der Waals surface area contributed by atoms with Crippen molar-refractivity contribution in [2.24, 2.45) is 7.05 Å². The maximum atomic E-state index is 13.0. The third-order valence-corrected chi connectivity index (χ3v) is 9.29. The van der Waals surface area contributed by atoms with Gasteiger partial charge in [0.2, 0.25) is 11.1 Å². The Hall–Kier alpha value is -2.68. The lowest BCUT2D eigenvalue weighted by Gasteiger charge is -2.55. The van der Waals surface area contributed by atoms with Crippen molar-refractivity contribution in [3.8, 4) is 6.07 Å². The second kappa shape index (κ2) is 9.29. The zero-order valence-corrected chi connectivity index (χ0v) is 20.0. The maximum Gasteiger partial charge on any atom is 0.352 e. The molecule has 1 aromatic rings. The highest BCUT2D eigenvalue weighted by molar-refractivity contribution is 8.01. The summed E-state index contributed by atoms with van der Waals surface area (Å²) in [5.74, 6) is -3.82. The number of amides is 2. The molecule has 3 rings (SSSR count). The number of rotatable bonds is 9. The zero-order chi connectivity index (χ0) is 24.6. The summed E-state index contributed by atoms with van der Waals surface area (Å²) in [6, 6.07) is 1.55. The number of methoxy groups -OCH3 is 1. The average molecular weight is 518 g/mol. The number of β-lactam (4-membered cyclic amide) rings is 1. The molecule has 0 saturated carbocycles. The number of ether oxygens (including phenoxy) is 1. The van der Waals surface area contributed by atoms with Crippen LogP contribution in [0.5, 0.6) is 0 Å². The molecule has 0 aromatic carbocycles. The lowest BCUT2D eigenvalue weighted by Crippen LogP contribution is -2.81. The molecule has 3 atom stereocenters. The fourth-order valence-corrected chi connectivity index (χ4v) is 6.46. The Morgan fingerprint density at radius 3 is 2.76 bits per heavy atom. The molecule has 1 unspecified atom stereocenters. The van der Waals surface area contributed by atoms with Crippen molar-refractivity contribution in [1.82, 2.24) is 30.4 Å². The number of nitrogens with zero attached hydrogens (tertiary/aromatic N) is 6. The highest BCUT2D eigenvalue weighted by atomic mass is 32.2. The number of nitriles is 1. The molecule has 0 bridgehead atoms. The number of hydrogen-bond acceptors (Lipinski definition) is 12. The summed E-state index contributed by atoms with van der Waals surface area (Å²) in [4.78, 5) is 38.4. The van der Waals surface area contributed by atoms with Crippen LogP contribution in [-0.4, -0.2) is 97.1 Å². The van der Waals surface area contributed by atoms with Crippen LogP contribution < -0.4 is 5.32 Å². The fraction of sp³-hybridized carbons (Fsp3) is 0.562. The highest BCUT2D eigenvalue weighted by Crippen LogP contribution is 2.47. The van der Waals surface area contributed by atoms with Crippen molar-refractivity contribution in [3.63, 3.8) is 0 Å². The van der Waals surface area contributed by atoms with E-state index in [4.69, 9.17) is 10.00 Å². The molecule has 2 aliphatic rings. The van der Waals surface area contributed by atoms with Crippen LogP contribution in [0.3, 0.4) is 0 Å². The van der Waals surface area contributed by atoms with Crippen LogP contribution in [0.25, 0.3) is 0 Å². The number of thioether (sulfide) groups is 2. The van der Waals surface area contributed by atoms with Gasteiger partial charge in [-0.1, -0.05) is 11.8 Å². The summed E-state index contributed by atoms with van der Waals surface area (Å²) in [6.07, 6.45) is 0. The SMILES string of the molecule is CO[C@@]1(NC(=O)CS(=O)(=O)C(C)C#N)C(=O)N2C(C(=O)O)=C(CSc3nnnn3C)CS[C@@H]21. The van der Waals surface area contributed by atoms with Crippen LogP contribution in [0.2, 0.25) is 0 Å². The van der Waals surface area contributed by atoms with E-state index in [2.05, 4.69) is 20.8 Å². The predicted molar refractivity (Wildman–Crippen MR) is 114 cm³/mol. The van der Waals surface area contributed by atoms with Crippen LogP contribution in [0.1, 0.15) is 6.92 Å². The molecule has 2 aliphatic heterocycles. The first-order valence-electron chi connectivity index (χ1n) is 9.21. The first-order valence-corrected chi connectivity index (χ1v) is 13.0. The fourth-order valence-electron chi connectivity index (χ4n) is 3.18. The number of fused-ring (bicyclic) bond motifs is 1. The first-order chi connectivity index (χ1) is 15.5. The topological polar surface area (TPSA) is 197 Å². The minimum Gasteiger partial charge on any atom is -0.477 e. The number of sulfone groups is 1. The van der Waals surface area contributed by atoms with E-state index in [-0.39, 0.29) is 17.2 Å². The molecular formula is C16H19N7O7S3. The van der Waals surface area contributed by atoms with Crippen LogP contribution in [0.15, 0.2) is 16.4 Å². The summed E-state index contributed by atoms with van der Waals surface area (Å²) in [7, 11) is -1.29.